The van der Waals surface area contributed by atoms with Gasteiger partial charge in [-0.05, 0) is 43.2 Å². The zero-order valence-corrected chi connectivity index (χ0v) is 16.2. The smallest absolute Gasteiger partial charge is 0.343 e. The summed E-state index contributed by atoms with van der Waals surface area (Å²) in [5.74, 6) is -0.930. The zero-order chi connectivity index (χ0) is 20.9. The molecule has 0 heterocycles. The van der Waals surface area contributed by atoms with Gasteiger partial charge in [0.2, 0.25) is 10.0 Å². The van der Waals surface area contributed by atoms with Crippen LogP contribution in [0.4, 0.5) is 13.2 Å². The summed E-state index contributed by atoms with van der Waals surface area (Å²) in [6.45, 7) is 2.32. The van der Waals surface area contributed by atoms with Crippen LogP contribution in [-0.4, -0.2) is 27.0 Å². The van der Waals surface area contributed by atoms with Crippen LogP contribution in [0.5, 0.6) is 0 Å². The van der Waals surface area contributed by atoms with Crippen LogP contribution in [0.3, 0.4) is 0 Å². The van der Waals surface area contributed by atoms with E-state index in [1.54, 1.807) is 5.32 Å². The van der Waals surface area contributed by atoms with E-state index < -0.39 is 34.7 Å². The Morgan fingerprint density at radius 3 is 2.11 bits per heavy atom. The van der Waals surface area contributed by atoms with E-state index in [0.717, 1.165) is 11.1 Å². The van der Waals surface area contributed by atoms with Gasteiger partial charge in [0, 0.05) is 11.6 Å². The molecule has 0 aliphatic carbocycles. The van der Waals surface area contributed by atoms with Crippen molar-refractivity contribution < 1.29 is 26.4 Å². The summed E-state index contributed by atoms with van der Waals surface area (Å²) < 4.78 is 64.4. The number of halogens is 3. The van der Waals surface area contributed by atoms with Crippen molar-refractivity contribution in [3.05, 3.63) is 65.2 Å². The second kappa shape index (κ2) is 8.74. The summed E-state index contributed by atoms with van der Waals surface area (Å²) in [5, 5.41) is 1.74. The third-order valence-corrected chi connectivity index (χ3v) is 5.55. The van der Waals surface area contributed by atoms with Crippen molar-refractivity contribution in [2.75, 3.05) is 6.54 Å². The number of carbonyl (C=O) groups excluding carboxylic acids is 1. The van der Waals surface area contributed by atoms with E-state index in [9.17, 15) is 26.4 Å². The monoisotopic (exact) mass is 414 g/mol. The fraction of sp³-hybridized carbons (Fsp3) is 0.316. The van der Waals surface area contributed by atoms with E-state index in [4.69, 9.17) is 0 Å². The molecule has 2 N–H and O–H groups in total. The maximum absolute atomic E-state index is 12.6. The Balaban J connectivity index is 2.12. The molecular formula is C19H21F3N2O3S. The van der Waals surface area contributed by atoms with Gasteiger partial charge in [-0.15, -0.1) is 0 Å². The average Bonchev–Trinajstić information content (AvgIpc) is 2.64. The highest BCUT2D eigenvalue weighted by molar-refractivity contribution is 7.89. The first-order valence-corrected chi connectivity index (χ1v) is 10.0. The third-order valence-electron chi connectivity index (χ3n) is 4.06. The first-order valence-electron chi connectivity index (χ1n) is 8.56. The van der Waals surface area contributed by atoms with E-state index >= 15 is 0 Å². The maximum atomic E-state index is 12.6. The third kappa shape index (κ3) is 6.07. The molecule has 0 spiro atoms. The number of aryl methyl sites for hydroxylation is 1. The molecule has 0 radical (unpaired) electrons. The Kier molecular flexibility index (Phi) is 6.84. The number of hydrogen-bond acceptors (Lipinski definition) is 3. The lowest BCUT2D eigenvalue weighted by atomic mass is 10.0. The summed E-state index contributed by atoms with van der Waals surface area (Å²) in [6, 6.07) is 11.8. The summed E-state index contributed by atoms with van der Waals surface area (Å²) in [7, 11) is -3.87. The number of nitrogens with one attached hydrogen (secondary N) is 2. The van der Waals surface area contributed by atoms with Crippen molar-refractivity contribution in [1.82, 2.24) is 10.0 Å². The molecule has 9 heteroatoms. The zero-order valence-electron chi connectivity index (χ0n) is 15.4. The topological polar surface area (TPSA) is 75.3 Å². The predicted molar refractivity (Wildman–Crippen MR) is 99.4 cm³/mol. The summed E-state index contributed by atoms with van der Waals surface area (Å²) in [5.41, 5.74) is 1.81. The van der Waals surface area contributed by atoms with E-state index in [1.165, 1.54) is 24.3 Å². The summed E-state index contributed by atoms with van der Waals surface area (Å²) in [4.78, 5) is 11.6. The van der Waals surface area contributed by atoms with Gasteiger partial charge in [0.15, 0.2) is 0 Å². The van der Waals surface area contributed by atoms with Crippen LogP contribution in [0.2, 0.25) is 0 Å². The van der Waals surface area contributed by atoms with Crippen LogP contribution in [0.25, 0.3) is 0 Å². The Morgan fingerprint density at radius 1 is 1.04 bits per heavy atom. The van der Waals surface area contributed by atoms with E-state index in [0.29, 0.717) is 6.42 Å². The molecule has 152 valence electrons. The highest BCUT2D eigenvalue weighted by Crippen LogP contribution is 2.21. The van der Waals surface area contributed by atoms with Crippen molar-refractivity contribution >= 4 is 15.9 Å². The minimum Gasteiger partial charge on any atom is -0.343 e. The molecular weight excluding hydrogens is 393 g/mol. The number of benzene rings is 2. The van der Waals surface area contributed by atoms with Crippen LogP contribution in [0, 0.1) is 6.92 Å². The van der Waals surface area contributed by atoms with E-state index in [1.807, 2.05) is 38.1 Å². The van der Waals surface area contributed by atoms with Crippen LogP contribution in [0.15, 0.2) is 53.4 Å². The number of carbonyl (C=O) groups is 1. The van der Waals surface area contributed by atoms with Crippen molar-refractivity contribution in [2.45, 2.75) is 37.4 Å². The van der Waals surface area contributed by atoms with Crippen LogP contribution < -0.4 is 10.0 Å². The van der Waals surface area contributed by atoms with E-state index in [2.05, 4.69) is 4.72 Å². The van der Waals surface area contributed by atoms with Gasteiger partial charge in [-0.25, -0.2) is 13.1 Å². The lowest BCUT2D eigenvalue weighted by molar-refractivity contribution is -0.123. The number of rotatable bonds is 7. The van der Waals surface area contributed by atoms with Gasteiger partial charge in [-0.2, -0.15) is 13.2 Å². The molecule has 28 heavy (non-hydrogen) atoms. The highest BCUT2D eigenvalue weighted by Gasteiger charge is 2.28. The maximum Gasteiger partial charge on any atom is 0.405 e. The van der Waals surface area contributed by atoms with Gasteiger partial charge in [-0.3, -0.25) is 4.79 Å². The van der Waals surface area contributed by atoms with Gasteiger partial charge >= 0.3 is 6.18 Å². The normalized spacial score (nSPS) is 13.2. The largest absolute Gasteiger partial charge is 0.405 e. The molecule has 0 aliphatic heterocycles. The first kappa shape index (κ1) is 21.9. The SMILES string of the molecule is CC[C@@H](NS(=O)(=O)c1ccc(C(=O)NCC(F)(F)F)cc1)c1ccc(C)cc1. The van der Waals surface area contributed by atoms with Crippen LogP contribution in [0.1, 0.15) is 40.9 Å². The number of hydrogen-bond donors (Lipinski definition) is 2. The van der Waals surface area contributed by atoms with E-state index in [-0.39, 0.29) is 10.5 Å². The Hall–Kier alpha value is -2.39. The molecule has 2 rings (SSSR count). The lowest BCUT2D eigenvalue weighted by Crippen LogP contribution is -2.33. The van der Waals surface area contributed by atoms with Crippen molar-refractivity contribution in [3.63, 3.8) is 0 Å². The molecule has 0 unspecified atom stereocenters. The van der Waals surface area contributed by atoms with Gasteiger partial charge in [0.25, 0.3) is 5.91 Å². The van der Waals surface area contributed by atoms with Crippen molar-refractivity contribution in [1.29, 1.82) is 0 Å². The van der Waals surface area contributed by atoms with Crippen molar-refractivity contribution in [3.8, 4) is 0 Å². The lowest BCUT2D eigenvalue weighted by Gasteiger charge is -2.18. The van der Waals surface area contributed by atoms with Gasteiger partial charge in [0.1, 0.15) is 6.54 Å². The highest BCUT2D eigenvalue weighted by atomic mass is 32.2. The molecule has 1 amide bonds. The fourth-order valence-electron chi connectivity index (χ4n) is 2.51. The molecule has 0 saturated carbocycles. The fourth-order valence-corrected chi connectivity index (χ4v) is 3.82. The van der Waals surface area contributed by atoms with Crippen molar-refractivity contribution in [2.24, 2.45) is 0 Å². The van der Waals surface area contributed by atoms with Gasteiger partial charge < -0.3 is 5.32 Å². The molecule has 0 aromatic heterocycles. The average molecular weight is 414 g/mol. The molecule has 0 aliphatic rings. The van der Waals surface area contributed by atoms with Crippen LogP contribution >= 0.6 is 0 Å². The Bertz CT molecular complexity index is 909. The van der Waals surface area contributed by atoms with Gasteiger partial charge in [0.05, 0.1) is 4.90 Å². The number of sulfonamides is 1. The Labute approximate surface area is 162 Å². The number of alkyl halides is 3. The minimum absolute atomic E-state index is 0.0613. The minimum atomic E-state index is -4.52. The molecule has 0 fully saturated rings. The molecule has 2 aromatic rings. The van der Waals surface area contributed by atoms with Gasteiger partial charge in [-0.1, -0.05) is 36.8 Å². The second-order valence-electron chi connectivity index (χ2n) is 6.32. The molecule has 2 aromatic carbocycles. The summed E-state index contributed by atoms with van der Waals surface area (Å²) >= 11 is 0. The standard InChI is InChI=1S/C19H21F3N2O3S/c1-3-17(14-6-4-13(2)5-7-14)24-28(26,27)16-10-8-15(9-11-16)18(25)23-12-19(20,21)22/h4-11,17,24H,3,12H2,1-2H3,(H,23,25)/t17-/m1/s1. The first-order chi connectivity index (χ1) is 13.0. The Morgan fingerprint density at radius 2 is 1.61 bits per heavy atom. The molecule has 0 bridgehead atoms. The predicted octanol–water partition coefficient (Wildman–Crippen LogP) is 3.72. The molecule has 5 nitrogen and oxygen atoms in total. The molecule has 0 saturated heterocycles. The van der Waals surface area contributed by atoms with Crippen LogP contribution in [-0.2, 0) is 10.0 Å². The quantitative estimate of drug-likeness (QED) is 0.725. The summed E-state index contributed by atoms with van der Waals surface area (Å²) in [6.07, 6.45) is -3.99. The molecule has 1 atom stereocenters. The second-order valence-corrected chi connectivity index (χ2v) is 8.03. The number of amides is 1.